The lowest BCUT2D eigenvalue weighted by molar-refractivity contribution is -0.105. The number of carbonyl (C=O) groups is 1. The molecule has 1 aromatic heterocycles. The van der Waals surface area contributed by atoms with Crippen LogP contribution in [0.5, 0.6) is 0 Å². The molecule has 0 spiro atoms. The van der Waals surface area contributed by atoms with Crippen molar-refractivity contribution in [3.05, 3.63) is 12.0 Å². The summed E-state index contributed by atoms with van der Waals surface area (Å²) in [5.74, 6) is 0.809. The van der Waals surface area contributed by atoms with Gasteiger partial charge in [0, 0.05) is 6.54 Å². The highest BCUT2D eigenvalue weighted by Crippen LogP contribution is 2.12. The van der Waals surface area contributed by atoms with E-state index in [1.807, 2.05) is 11.5 Å². The molecule has 0 aromatic carbocycles. The Morgan fingerprint density at radius 3 is 3.08 bits per heavy atom. The SMILES string of the molecule is CCCCn1cnc(C)c1NC=O. The summed E-state index contributed by atoms with van der Waals surface area (Å²) in [5, 5.41) is 2.65. The summed E-state index contributed by atoms with van der Waals surface area (Å²) in [6.45, 7) is 4.93. The number of hydrogen-bond acceptors (Lipinski definition) is 2. The number of aryl methyl sites for hydroxylation is 2. The van der Waals surface area contributed by atoms with Crippen molar-refractivity contribution in [3.63, 3.8) is 0 Å². The van der Waals surface area contributed by atoms with E-state index in [-0.39, 0.29) is 0 Å². The minimum Gasteiger partial charge on any atom is -0.317 e. The van der Waals surface area contributed by atoms with Crippen molar-refractivity contribution in [1.82, 2.24) is 9.55 Å². The Morgan fingerprint density at radius 1 is 1.69 bits per heavy atom. The Bertz CT molecular complexity index is 280. The molecule has 0 unspecified atom stereocenters. The van der Waals surface area contributed by atoms with E-state index in [4.69, 9.17) is 0 Å². The van der Waals surface area contributed by atoms with E-state index >= 15 is 0 Å². The summed E-state index contributed by atoms with van der Waals surface area (Å²) < 4.78 is 1.97. The molecular weight excluding hydrogens is 166 g/mol. The van der Waals surface area contributed by atoms with Gasteiger partial charge in [0.1, 0.15) is 5.82 Å². The van der Waals surface area contributed by atoms with E-state index in [1.54, 1.807) is 6.33 Å². The highest BCUT2D eigenvalue weighted by Gasteiger charge is 2.04. The molecule has 0 bridgehead atoms. The number of anilines is 1. The van der Waals surface area contributed by atoms with Gasteiger partial charge in [-0.1, -0.05) is 13.3 Å². The minimum absolute atomic E-state index is 0.687. The average Bonchev–Trinajstić information content (AvgIpc) is 2.46. The number of nitrogens with zero attached hydrogens (tertiary/aromatic N) is 2. The van der Waals surface area contributed by atoms with Gasteiger partial charge < -0.3 is 9.88 Å². The summed E-state index contributed by atoms with van der Waals surface area (Å²) in [6, 6.07) is 0. The van der Waals surface area contributed by atoms with Gasteiger partial charge in [0.15, 0.2) is 0 Å². The number of rotatable bonds is 5. The van der Waals surface area contributed by atoms with Crippen molar-refractivity contribution in [2.75, 3.05) is 5.32 Å². The predicted molar refractivity (Wildman–Crippen MR) is 51.6 cm³/mol. The van der Waals surface area contributed by atoms with Gasteiger partial charge in [-0.05, 0) is 13.3 Å². The van der Waals surface area contributed by atoms with Gasteiger partial charge in [-0.2, -0.15) is 0 Å². The number of aromatic nitrogens is 2. The first-order valence-corrected chi connectivity index (χ1v) is 4.51. The van der Waals surface area contributed by atoms with Gasteiger partial charge in [-0.15, -0.1) is 0 Å². The molecule has 4 nitrogen and oxygen atoms in total. The third-order valence-electron chi connectivity index (χ3n) is 1.97. The molecule has 0 saturated heterocycles. The molecule has 13 heavy (non-hydrogen) atoms. The number of amides is 1. The van der Waals surface area contributed by atoms with Crippen LogP contribution in [0.1, 0.15) is 25.5 Å². The van der Waals surface area contributed by atoms with E-state index in [0.29, 0.717) is 6.41 Å². The van der Waals surface area contributed by atoms with Gasteiger partial charge in [0.05, 0.1) is 12.0 Å². The van der Waals surface area contributed by atoms with E-state index in [1.165, 1.54) is 0 Å². The smallest absolute Gasteiger partial charge is 0.212 e. The van der Waals surface area contributed by atoms with Crippen LogP contribution < -0.4 is 5.32 Å². The van der Waals surface area contributed by atoms with Crippen molar-refractivity contribution in [2.24, 2.45) is 0 Å². The average molecular weight is 181 g/mol. The number of imidazole rings is 1. The second kappa shape index (κ2) is 4.64. The second-order valence-corrected chi connectivity index (χ2v) is 2.99. The molecule has 0 aliphatic carbocycles. The second-order valence-electron chi connectivity index (χ2n) is 2.99. The van der Waals surface area contributed by atoms with Crippen LogP contribution in [0.25, 0.3) is 0 Å². The molecular formula is C9H15N3O. The largest absolute Gasteiger partial charge is 0.317 e. The first kappa shape index (κ1) is 9.77. The van der Waals surface area contributed by atoms with Crippen LogP contribution in [0.4, 0.5) is 5.82 Å². The van der Waals surface area contributed by atoms with Crippen LogP contribution >= 0.6 is 0 Å². The van der Waals surface area contributed by atoms with Gasteiger partial charge in [0.2, 0.25) is 6.41 Å². The van der Waals surface area contributed by atoms with Gasteiger partial charge in [0.25, 0.3) is 0 Å². The van der Waals surface area contributed by atoms with Crippen LogP contribution in [-0.2, 0) is 11.3 Å². The first-order valence-electron chi connectivity index (χ1n) is 4.51. The van der Waals surface area contributed by atoms with Crippen LogP contribution in [-0.4, -0.2) is 16.0 Å². The Balaban J connectivity index is 2.74. The van der Waals surface area contributed by atoms with Crippen LogP contribution in [0.2, 0.25) is 0 Å². The zero-order valence-corrected chi connectivity index (χ0v) is 8.08. The molecule has 4 heteroatoms. The fraction of sp³-hybridized carbons (Fsp3) is 0.556. The molecule has 0 aliphatic heterocycles. The summed E-state index contributed by atoms with van der Waals surface area (Å²) in [4.78, 5) is 14.4. The van der Waals surface area contributed by atoms with Crippen molar-refractivity contribution >= 4 is 12.2 Å². The molecule has 0 fully saturated rings. The minimum atomic E-state index is 0.687. The summed E-state index contributed by atoms with van der Waals surface area (Å²) >= 11 is 0. The molecule has 0 radical (unpaired) electrons. The topological polar surface area (TPSA) is 46.9 Å². The zero-order valence-electron chi connectivity index (χ0n) is 8.08. The van der Waals surface area contributed by atoms with Crippen LogP contribution in [0, 0.1) is 6.92 Å². The third-order valence-corrected chi connectivity index (χ3v) is 1.97. The quantitative estimate of drug-likeness (QED) is 0.701. The third kappa shape index (κ3) is 2.31. The zero-order chi connectivity index (χ0) is 9.68. The van der Waals surface area contributed by atoms with Gasteiger partial charge in [-0.3, -0.25) is 4.79 Å². The summed E-state index contributed by atoms with van der Waals surface area (Å²) in [5.41, 5.74) is 0.864. The van der Waals surface area contributed by atoms with Crippen molar-refractivity contribution < 1.29 is 4.79 Å². The lowest BCUT2D eigenvalue weighted by Gasteiger charge is -2.05. The lowest BCUT2D eigenvalue weighted by Crippen LogP contribution is -2.05. The summed E-state index contributed by atoms with van der Waals surface area (Å²) in [6.07, 6.45) is 4.68. The summed E-state index contributed by atoms with van der Waals surface area (Å²) in [7, 11) is 0. The van der Waals surface area contributed by atoms with Crippen molar-refractivity contribution in [3.8, 4) is 0 Å². The van der Waals surface area contributed by atoms with E-state index in [9.17, 15) is 4.79 Å². The van der Waals surface area contributed by atoms with Gasteiger partial charge in [-0.25, -0.2) is 4.98 Å². The Labute approximate surface area is 78.0 Å². The molecule has 0 aliphatic rings. The van der Waals surface area contributed by atoms with Crippen molar-refractivity contribution in [2.45, 2.75) is 33.2 Å². The first-order chi connectivity index (χ1) is 6.29. The Kier molecular flexibility index (Phi) is 3.49. The monoisotopic (exact) mass is 181 g/mol. The van der Waals surface area contributed by atoms with E-state index in [0.717, 1.165) is 30.9 Å². The maximum absolute atomic E-state index is 10.3. The van der Waals surface area contributed by atoms with Gasteiger partial charge >= 0.3 is 0 Å². The molecule has 1 heterocycles. The number of nitrogens with one attached hydrogen (secondary N) is 1. The van der Waals surface area contributed by atoms with E-state index < -0.39 is 0 Å². The maximum atomic E-state index is 10.3. The fourth-order valence-corrected chi connectivity index (χ4v) is 1.22. The highest BCUT2D eigenvalue weighted by atomic mass is 16.1. The number of unbranched alkanes of at least 4 members (excludes halogenated alkanes) is 1. The standard InChI is InChI=1S/C9H15N3O/c1-3-4-5-12-6-10-8(2)9(12)11-7-13/h6-7H,3-5H2,1-2H3,(H,11,13). The predicted octanol–water partition coefficient (Wildman–Crippen LogP) is 1.56. The molecule has 1 aromatic rings. The lowest BCUT2D eigenvalue weighted by atomic mass is 10.3. The van der Waals surface area contributed by atoms with Crippen LogP contribution in [0.15, 0.2) is 6.33 Å². The maximum Gasteiger partial charge on any atom is 0.212 e. The van der Waals surface area contributed by atoms with Crippen molar-refractivity contribution in [1.29, 1.82) is 0 Å². The van der Waals surface area contributed by atoms with E-state index in [2.05, 4.69) is 17.2 Å². The molecule has 1 rings (SSSR count). The van der Waals surface area contributed by atoms with Crippen LogP contribution in [0.3, 0.4) is 0 Å². The normalized spacial score (nSPS) is 10.0. The molecule has 72 valence electrons. The Hall–Kier alpha value is -1.32. The highest BCUT2D eigenvalue weighted by molar-refractivity contribution is 5.70. The molecule has 0 atom stereocenters. The Morgan fingerprint density at radius 2 is 2.46 bits per heavy atom. The molecule has 1 N–H and O–H groups in total. The molecule has 1 amide bonds. The molecule has 0 saturated carbocycles. The fourth-order valence-electron chi connectivity index (χ4n) is 1.22. The number of carbonyl (C=O) groups excluding carboxylic acids is 1. The number of hydrogen-bond donors (Lipinski definition) is 1.